The molecule has 1 heterocycles. The fraction of sp³-hybridized carbons (Fsp3) is 0.395. The van der Waals surface area contributed by atoms with Gasteiger partial charge in [0.15, 0.2) is 29.4 Å². The molecule has 4 rings (SSSR count). The van der Waals surface area contributed by atoms with E-state index in [0.717, 1.165) is 53.5 Å². The molecule has 0 saturated carbocycles. The van der Waals surface area contributed by atoms with Crippen LogP contribution in [0, 0.1) is 38.0 Å². The molecule has 0 aliphatic carbocycles. The Labute approximate surface area is 313 Å². The van der Waals surface area contributed by atoms with Gasteiger partial charge in [0, 0.05) is 23.3 Å². The number of ether oxygens (including phenoxy) is 4. The largest absolute Gasteiger partial charge is 0.490 e. The molecule has 0 fully saturated rings. The average molecular weight is 719 g/mol. The minimum Gasteiger partial charge on any atom is -0.490 e. The van der Waals surface area contributed by atoms with Crippen LogP contribution >= 0.6 is 0 Å². The van der Waals surface area contributed by atoms with Crippen LogP contribution in [0.4, 0.5) is 0 Å². The molecular formula is C43H50N4O6. The highest BCUT2D eigenvalue weighted by atomic mass is 16.6. The highest BCUT2D eigenvalue weighted by Crippen LogP contribution is 2.30. The van der Waals surface area contributed by atoms with Gasteiger partial charge in [-0.25, -0.2) is 15.0 Å². The lowest BCUT2D eigenvalue weighted by Gasteiger charge is -2.21. The van der Waals surface area contributed by atoms with Gasteiger partial charge in [0.2, 0.25) is 0 Å². The number of aryl methyl sites for hydroxylation is 3. The summed E-state index contributed by atoms with van der Waals surface area (Å²) in [5, 5.41) is 10.3. The molecule has 3 aromatic carbocycles. The maximum atomic E-state index is 12.7. The van der Waals surface area contributed by atoms with E-state index in [1.165, 1.54) is 6.08 Å². The van der Waals surface area contributed by atoms with Crippen molar-refractivity contribution in [2.45, 2.75) is 72.8 Å². The van der Waals surface area contributed by atoms with Crippen LogP contribution in [0.5, 0.6) is 5.75 Å². The Balaban J connectivity index is 1.56. The van der Waals surface area contributed by atoms with Crippen molar-refractivity contribution in [2.24, 2.45) is 5.92 Å². The summed E-state index contributed by atoms with van der Waals surface area (Å²) in [6, 6.07) is 21.5. The maximum Gasteiger partial charge on any atom is 0.308 e. The molecule has 0 saturated heterocycles. The lowest BCUT2D eigenvalue weighted by Crippen LogP contribution is -2.31. The molecule has 278 valence electrons. The number of hydrogen-bond donors (Lipinski definition) is 0. The zero-order chi connectivity index (χ0) is 38.2. The van der Waals surface area contributed by atoms with E-state index in [1.807, 2.05) is 57.2 Å². The molecule has 1 aromatic heterocycles. The normalized spacial score (nSPS) is 12.1. The Morgan fingerprint density at radius 2 is 1.55 bits per heavy atom. The van der Waals surface area contributed by atoms with Crippen molar-refractivity contribution in [2.75, 3.05) is 33.0 Å². The summed E-state index contributed by atoms with van der Waals surface area (Å²) in [5.74, 6) is 1.42. The highest BCUT2D eigenvalue weighted by Gasteiger charge is 2.20. The number of benzene rings is 3. The molecule has 10 nitrogen and oxygen atoms in total. The number of unbranched alkanes of at least 4 members (excludes halogenated alkanes) is 1. The zero-order valence-electron chi connectivity index (χ0n) is 31.5. The average Bonchev–Trinajstić information content (AvgIpc) is 3.16. The van der Waals surface area contributed by atoms with Crippen molar-refractivity contribution in [1.29, 1.82) is 5.26 Å². The minimum absolute atomic E-state index is 0.00229. The van der Waals surface area contributed by atoms with Crippen LogP contribution in [-0.4, -0.2) is 65.8 Å². The quantitative estimate of drug-likeness (QED) is 0.0470. The maximum absolute atomic E-state index is 12.7. The summed E-state index contributed by atoms with van der Waals surface area (Å²) in [7, 11) is 0. The van der Waals surface area contributed by atoms with Gasteiger partial charge in [-0.15, -0.1) is 0 Å². The van der Waals surface area contributed by atoms with E-state index in [4.69, 9.17) is 33.9 Å². The van der Waals surface area contributed by atoms with Gasteiger partial charge in [0.05, 0.1) is 25.2 Å². The number of esters is 1. The topological polar surface area (TPSA) is 134 Å². The van der Waals surface area contributed by atoms with Crippen molar-refractivity contribution in [1.82, 2.24) is 15.0 Å². The second-order valence-corrected chi connectivity index (χ2v) is 13.2. The van der Waals surface area contributed by atoms with E-state index >= 15 is 0 Å². The Morgan fingerprint density at radius 1 is 0.849 bits per heavy atom. The first kappa shape index (κ1) is 40.5. The number of carbonyl (C=O) groups excluding carboxylic acids is 2. The first-order chi connectivity index (χ1) is 25.6. The van der Waals surface area contributed by atoms with E-state index in [0.29, 0.717) is 46.9 Å². The number of nitriles is 1. The monoisotopic (exact) mass is 718 g/mol. The Kier molecular flexibility index (Phi) is 15.8. The summed E-state index contributed by atoms with van der Waals surface area (Å²) in [6.07, 6.45) is 4.72. The van der Waals surface area contributed by atoms with Crippen LogP contribution in [0.25, 0.3) is 34.2 Å². The van der Waals surface area contributed by atoms with Crippen molar-refractivity contribution in [3.05, 3.63) is 95.6 Å². The molecule has 2 unspecified atom stereocenters. The van der Waals surface area contributed by atoms with Gasteiger partial charge < -0.3 is 18.9 Å². The first-order valence-corrected chi connectivity index (χ1v) is 18.2. The molecule has 2 atom stereocenters. The van der Waals surface area contributed by atoms with Crippen LogP contribution in [0.1, 0.15) is 68.2 Å². The molecule has 0 radical (unpaired) electrons. The Morgan fingerprint density at radius 3 is 2.23 bits per heavy atom. The summed E-state index contributed by atoms with van der Waals surface area (Å²) < 4.78 is 23.1. The molecule has 0 amide bonds. The number of carbonyl (C=O) groups is 2. The molecule has 0 bridgehead atoms. The first-order valence-electron chi connectivity index (χ1n) is 18.2. The molecule has 10 heteroatoms. The standard InChI is InChI=1S/C43H50N4O6/c1-7-10-11-32(8-2)25-51-27-37(53-40(49)20-21-50-26-35(48)9-3)28-52-36-17-19-39(34(23-36)24-44)43-46-41(33-15-12-29(4)13-16-33)45-42(47-43)38-18-14-30(5)22-31(38)6/h9,12-19,22-23,32,37H,3,7-8,10-11,20-21,25-28H2,1-2,4-6H3. The van der Waals surface area contributed by atoms with Gasteiger partial charge in [-0.05, 0) is 62.9 Å². The summed E-state index contributed by atoms with van der Waals surface area (Å²) in [6.45, 7) is 14.4. The van der Waals surface area contributed by atoms with E-state index in [1.54, 1.807) is 18.2 Å². The second-order valence-electron chi connectivity index (χ2n) is 13.2. The van der Waals surface area contributed by atoms with E-state index < -0.39 is 12.1 Å². The van der Waals surface area contributed by atoms with Gasteiger partial charge in [0.1, 0.15) is 25.0 Å². The SMILES string of the molecule is C=CC(=O)COCCC(=O)OC(COCC(CC)CCCC)COc1ccc(-c2nc(-c3ccc(C)cc3)nc(-c3ccc(C)cc3C)n2)c(C#N)c1. The Bertz CT molecular complexity index is 1890. The number of aromatic nitrogens is 3. The summed E-state index contributed by atoms with van der Waals surface area (Å²) in [5.41, 5.74) is 5.83. The van der Waals surface area contributed by atoms with Crippen LogP contribution in [0.3, 0.4) is 0 Å². The smallest absolute Gasteiger partial charge is 0.308 e. The van der Waals surface area contributed by atoms with Gasteiger partial charge in [-0.3, -0.25) is 9.59 Å². The third-order valence-electron chi connectivity index (χ3n) is 8.78. The van der Waals surface area contributed by atoms with Gasteiger partial charge in [0.25, 0.3) is 0 Å². The molecule has 0 spiro atoms. The highest BCUT2D eigenvalue weighted by molar-refractivity contribution is 5.90. The minimum atomic E-state index is -0.716. The van der Waals surface area contributed by atoms with E-state index in [2.05, 4.69) is 32.6 Å². The summed E-state index contributed by atoms with van der Waals surface area (Å²) >= 11 is 0. The van der Waals surface area contributed by atoms with Crippen LogP contribution in [-0.2, 0) is 23.8 Å². The molecule has 53 heavy (non-hydrogen) atoms. The molecular weight excluding hydrogens is 668 g/mol. The van der Waals surface area contributed by atoms with Crippen molar-refractivity contribution >= 4 is 11.8 Å². The van der Waals surface area contributed by atoms with E-state index in [9.17, 15) is 14.9 Å². The lowest BCUT2D eigenvalue weighted by atomic mass is 10.0. The molecule has 0 aliphatic rings. The number of nitrogens with zero attached hydrogens (tertiary/aromatic N) is 4. The number of hydrogen-bond acceptors (Lipinski definition) is 10. The van der Waals surface area contributed by atoms with Crippen LogP contribution in [0.2, 0.25) is 0 Å². The number of rotatable bonds is 21. The van der Waals surface area contributed by atoms with Crippen molar-refractivity contribution in [3.63, 3.8) is 0 Å². The molecule has 0 N–H and O–H groups in total. The molecule has 0 aliphatic heterocycles. The third kappa shape index (κ3) is 12.4. The van der Waals surface area contributed by atoms with Gasteiger partial charge >= 0.3 is 5.97 Å². The Hall–Kier alpha value is -5.24. The van der Waals surface area contributed by atoms with Crippen molar-refractivity contribution < 1.29 is 28.5 Å². The van der Waals surface area contributed by atoms with Gasteiger partial charge in [-0.2, -0.15) is 5.26 Å². The van der Waals surface area contributed by atoms with Crippen molar-refractivity contribution in [3.8, 4) is 46.0 Å². The zero-order valence-corrected chi connectivity index (χ0v) is 31.5. The predicted octanol–water partition coefficient (Wildman–Crippen LogP) is 8.35. The molecule has 4 aromatic rings. The summed E-state index contributed by atoms with van der Waals surface area (Å²) in [4.78, 5) is 38.6. The number of ketones is 1. The fourth-order valence-electron chi connectivity index (χ4n) is 5.62. The predicted molar refractivity (Wildman–Crippen MR) is 205 cm³/mol. The van der Waals surface area contributed by atoms with Gasteiger partial charge in [-0.1, -0.05) is 93.3 Å². The third-order valence-corrected chi connectivity index (χ3v) is 8.78. The van der Waals surface area contributed by atoms with Crippen LogP contribution < -0.4 is 4.74 Å². The fourth-order valence-corrected chi connectivity index (χ4v) is 5.62. The lowest BCUT2D eigenvalue weighted by molar-refractivity contribution is -0.156. The van der Waals surface area contributed by atoms with Crippen LogP contribution in [0.15, 0.2) is 73.3 Å². The second kappa shape index (κ2) is 20.7. The van der Waals surface area contributed by atoms with E-state index in [-0.39, 0.29) is 38.6 Å².